The molecular weight excluding hydrogens is 368 g/mol. The summed E-state index contributed by atoms with van der Waals surface area (Å²) in [5.41, 5.74) is 0.0802. The van der Waals surface area contributed by atoms with Crippen molar-refractivity contribution in [2.24, 2.45) is 11.8 Å². The average Bonchev–Trinajstić information content (AvgIpc) is 2.66. The number of rotatable bonds is 4. The molecule has 0 aromatic carbocycles. The predicted octanol–water partition coefficient (Wildman–Crippen LogP) is 4.24. The number of amides is 2. The van der Waals surface area contributed by atoms with Crippen molar-refractivity contribution in [2.45, 2.75) is 52.6 Å². The fraction of sp³-hybridized carbons (Fsp3) is 0.545. The highest BCUT2D eigenvalue weighted by Crippen LogP contribution is 2.29. The molecule has 2 aromatic rings. The van der Waals surface area contributed by atoms with Gasteiger partial charge in [0.15, 0.2) is 5.65 Å². The van der Waals surface area contributed by atoms with E-state index < -0.39 is 5.60 Å². The molecule has 2 unspecified atom stereocenters. The summed E-state index contributed by atoms with van der Waals surface area (Å²) in [6.45, 7) is 8.73. The quantitative estimate of drug-likeness (QED) is 0.833. The molecule has 3 rings (SSSR count). The molecule has 0 aliphatic carbocycles. The number of aromatic nitrogens is 2. The maximum atomic E-state index is 13.0. The molecule has 0 saturated carbocycles. The third-order valence-corrected chi connectivity index (χ3v) is 5.10. The molecule has 156 valence electrons. The largest absolute Gasteiger partial charge is 0.444 e. The van der Waals surface area contributed by atoms with Gasteiger partial charge in [0.2, 0.25) is 5.91 Å². The van der Waals surface area contributed by atoms with Gasteiger partial charge < -0.3 is 15.0 Å². The van der Waals surface area contributed by atoms with E-state index in [1.807, 2.05) is 39.0 Å². The fourth-order valence-corrected chi connectivity index (χ4v) is 3.77. The van der Waals surface area contributed by atoms with Gasteiger partial charge in [-0.25, -0.2) is 14.8 Å². The van der Waals surface area contributed by atoms with Gasteiger partial charge in [-0.05, 0) is 63.8 Å². The Morgan fingerprint density at radius 3 is 2.79 bits per heavy atom. The molecule has 0 spiro atoms. The topological polar surface area (TPSA) is 84.4 Å². The van der Waals surface area contributed by atoms with Crippen molar-refractivity contribution in [1.29, 1.82) is 0 Å². The first-order chi connectivity index (χ1) is 13.8. The lowest BCUT2D eigenvalue weighted by Gasteiger charge is -2.38. The van der Waals surface area contributed by atoms with Crippen LogP contribution in [0.25, 0.3) is 11.0 Å². The van der Waals surface area contributed by atoms with Crippen LogP contribution in [-0.2, 0) is 9.53 Å². The van der Waals surface area contributed by atoms with Gasteiger partial charge >= 0.3 is 6.09 Å². The molecule has 29 heavy (non-hydrogen) atoms. The van der Waals surface area contributed by atoms with Gasteiger partial charge in [0.25, 0.3) is 0 Å². The van der Waals surface area contributed by atoms with Gasteiger partial charge in [0, 0.05) is 30.6 Å². The summed E-state index contributed by atoms with van der Waals surface area (Å²) in [6.07, 6.45) is 3.82. The Hall–Kier alpha value is -2.70. The molecule has 0 bridgehead atoms. The van der Waals surface area contributed by atoms with Gasteiger partial charge in [0.1, 0.15) is 11.4 Å². The molecule has 7 nitrogen and oxygen atoms in total. The number of pyridine rings is 2. The van der Waals surface area contributed by atoms with Crippen molar-refractivity contribution in [3.05, 3.63) is 30.5 Å². The molecule has 2 amide bonds. The second-order valence-corrected chi connectivity index (χ2v) is 8.61. The Morgan fingerprint density at radius 1 is 1.28 bits per heavy atom. The summed E-state index contributed by atoms with van der Waals surface area (Å²) in [5.74, 6) is 0.399. The average molecular weight is 399 g/mol. The number of carbonyl (C=O) groups excluding carboxylic acids is 2. The van der Waals surface area contributed by atoms with Crippen molar-refractivity contribution in [1.82, 2.24) is 14.9 Å². The normalized spacial score (nSPS) is 19.8. The lowest BCUT2D eigenvalue weighted by molar-refractivity contribution is -0.123. The van der Waals surface area contributed by atoms with Gasteiger partial charge in [-0.2, -0.15) is 0 Å². The molecule has 1 aliphatic rings. The molecular formula is C22H30N4O3. The number of nitrogens with one attached hydrogen (secondary N) is 1. The number of piperidine rings is 1. The minimum absolute atomic E-state index is 0.0462. The monoisotopic (exact) mass is 398 g/mol. The van der Waals surface area contributed by atoms with Crippen molar-refractivity contribution in [2.75, 3.05) is 18.4 Å². The van der Waals surface area contributed by atoms with Crippen molar-refractivity contribution in [3.63, 3.8) is 0 Å². The molecule has 1 fully saturated rings. The fourth-order valence-electron chi connectivity index (χ4n) is 3.77. The Bertz CT molecular complexity index is 878. The predicted molar refractivity (Wildman–Crippen MR) is 112 cm³/mol. The van der Waals surface area contributed by atoms with Crippen LogP contribution in [0, 0.1) is 11.8 Å². The molecule has 1 N–H and O–H groups in total. The van der Waals surface area contributed by atoms with Crippen LogP contribution in [-0.4, -0.2) is 45.6 Å². The van der Waals surface area contributed by atoms with Crippen LogP contribution in [0.5, 0.6) is 0 Å². The van der Waals surface area contributed by atoms with Gasteiger partial charge in [-0.15, -0.1) is 0 Å². The smallest absolute Gasteiger partial charge is 0.410 e. The number of likely N-dealkylation sites (tertiary alicyclic amines) is 1. The maximum absolute atomic E-state index is 13.0. The van der Waals surface area contributed by atoms with Gasteiger partial charge in [0.05, 0.1) is 0 Å². The standard InChI is InChI=1S/C22H30N4O3/c1-5-7-16-14-26(21(28)29-22(2,3)4)13-11-17(16)20(27)25-18-10-9-15-8-6-12-23-19(15)24-18/h6,8-10,12,16-17H,5,7,11,13-14H2,1-4H3,(H,23,24,25,27). The van der Waals surface area contributed by atoms with Crippen LogP contribution < -0.4 is 5.32 Å². The number of anilines is 1. The lowest BCUT2D eigenvalue weighted by atomic mass is 9.82. The highest BCUT2D eigenvalue weighted by Gasteiger charge is 2.36. The zero-order valence-corrected chi connectivity index (χ0v) is 17.6. The van der Waals surface area contributed by atoms with Gasteiger partial charge in [-0.1, -0.05) is 13.3 Å². The summed E-state index contributed by atoms with van der Waals surface area (Å²) in [7, 11) is 0. The number of ether oxygens (including phenoxy) is 1. The zero-order valence-electron chi connectivity index (χ0n) is 17.6. The molecule has 3 heterocycles. The zero-order chi connectivity index (χ0) is 21.0. The van der Waals surface area contributed by atoms with E-state index in [1.165, 1.54) is 0 Å². The van der Waals surface area contributed by atoms with E-state index in [1.54, 1.807) is 17.2 Å². The SMILES string of the molecule is CCCC1CN(C(=O)OC(C)(C)C)CCC1C(=O)Nc1ccc2cccnc2n1. The van der Waals surface area contributed by atoms with Crippen LogP contribution in [0.3, 0.4) is 0 Å². The van der Waals surface area contributed by atoms with Crippen LogP contribution in [0.15, 0.2) is 30.5 Å². The third kappa shape index (κ3) is 5.43. The lowest BCUT2D eigenvalue weighted by Crippen LogP contribution is -2.48. The number of hydrogen-bond acceptors (Lipinski definition) is 5. The van der Waals surface area contributed by atoms with Crippen molar-refractivity contribution in [3.8, 4) is 0 Å². The summed E-state index contributed by atoms with van der Waals surface area (Å²) in [6, 6.07) is 7.49. The van der Waals surface area contributed by atoms with E-state index >= 15 is 0 Å². The second-order valence-electron chi connectivity index (χ2n) is 8.61. The summed E-state index contributed by atoms with van der Waals surface area (Å²) < 4.78 is 5.51. The van der Waals surface area contributed by atoms with Gasteiger partial charge in [-0.3, -0.25) is 4.79 Å². The van der Waals surface area contributed by atoms with E-state index in [4.69, 9.17) is 4.74 Å². The van der Waals surface area contributed by atoms with E-state index in [0.717, 1.165) is 18.2 Å². The number of fused-ring (bicyclic) bond motifs is 1. The first-order valence-electron chi connectivity index (χ1n) is 10.3. The van der Waals surface area contributed by atoms with E-state index in [9.17, 15) is 9.59 Å². The summed E-state index contributed by atoms with van der Waals surface area (Å²) in [4.78, 5) is 35.8. The van der Waals surface area contributed by atoms with Crippen LogP contribution in [0.2, 0.25) is 0 Å². The Morgan fingerprint density at radius 2 is 2.07 bits per heavy atom. The highest BCUT2D eigenvalue weighted by atomic mass is 16.6. The first kappa shape index (κ1) is 21.0. The highest BCUT2D eigenvalue weighted by molar-refractivity contribution is 5.93. The van der Waals surface area contributed by atoms with E-state index in [0.29, 0.717) is 31.0 Å². The van der Waals surface area contributed by atoms with Crippen LogP contribution in [0.4, 0.5) is 10.6 Å². The van der Waals surface area contributed by atoms with Crippen molar-refractivity contribution >= 4 is 28.9 Å². The minimum atomic E-state index is -0.526. The maximum Gasteiger partial charge on any atom is 0.410 e. The summed E-state index contributed by atoms with van der Waals surface area (Å²) >= 11 is 0. The van der Waals surface area contributed by atoms with Crippen LogP contribution >= 0.6 is 0 Å². The molecule has 0 radical (unpaired) electrons. The molecule has 1 saturated heterocycles. The number of hydrogen-bond donors (Lipinski definition) is 1. The van der Waals surface area contributed by atoms with E-state index in [2.05, 4.69) is 22.2 Å². The Kier molecular flexibility index (Phi) is 6.35. The Balaban J connectivity index is 1.68. The molecule has 7 heteroatoms. The molecule has 1 aliphatic heterocycles. The number of carbonyl (C=O) groups is 2. The molecule has 2 atom stereocenters. The second kappa shape index (κ2) is 8.76. The summed E-state index contributed by atoms with van der Waals surface area (Å²) in [5, 5.41) is 3.88. The third-order valence-electron chi connectivity index (χ3n) is 5.10. The minimum Gasteiger partial charge on any atom is -0.444 e. The van der Waals surface area contributed by atoms with E-state index in [-0.39, 0.29) is 23.8 Å². The van der Waals surface area contributed by atoms with Crippen molar-refractivity contribution < 1.29 is 14.3 Å². The number of nitrogens with zero attached hydrogens (tertiary/aromatic N) is 3. The van der Waals surface area contributed by atoms with Crippen LogP contribution in [0.1, 0.15) is 47.0 Å². The molecule has 2 aromatic heterocycles. The Labute approximate surface area is 171 Å². The first-order valence-corrected chi connectivity index (χ1v) is 10.3.